The van der Waals surface area contributed by atoms with Gasteiger partial charge in [0.2, 0.25) is 21.8 Å². The van der Waals surface area contributed by atoms with Gasteiger partial charge in [-0.3, -0.25) is 24.0 Å². The molecule has 5 amide bonds. The van der Waals surface area contributed by atoms with Gasteiger partial charge in [0.1, 0.15) is 35.1 Å². The van der Waals surface area contributed by atoms with E-state index >= 15 is 0 Å². The van der Waals surface area contributed by atoms with Gasteiger partial charge in [-0.15, -0.1) is 6.58 Å². The number of benzene rings is 1. The SMILES string of the molecule is C=CCC(C)(NC(=O)C1CC(OC(=O)N2Cc3cccc(F)c3C2)CN1C(=O)C(CO)NC(=O)OC(C)(C)C)C(=O)NS(=O)(=O)C1CC1. The van der Waals surface area contributed by atoms with E-state index in [1.807, 2.05) is 4.72 Å². The van der Waals surface area contributed by atoms with E-state index in [0.29, 0.717) is 24.0 Å². The standard InChI is InChI=1S/C31H42FN5O10S/c1-6-12-31(5,27(41)35-48(44,45)20-10-11-20)34-25(39)24-13-19(46-29(43)36-14-18-8-7-9-22(32)21(18)16-36)15-37(24)26(40)23(17-38)33-28(42)47-30(2,3)4/h6-9,19-20,23-24,38H,1,10-17H2,2-5H3,(H,33,42)(H,34,39)(H,35,41). The summed E-state index contributed by atoms with van der Waals surface area (Å²) in [5.74, 6) is -3.29. The molecule has 2 aliphatic heterocycles. The lowest BCUT2D eigenvalue weighted by Crippen LogP contribution is -2.62. The van der Waals surface area contributed by atoms with Crippen LogP contribution < -0.4 is 15.4 Å². The van der Waals surface area contributed by atoms with Crippen LogP contribution in [0.15, 0.2) is 30.9 Å². The van der Waals surface area contributed by atoms with Gasteiger partial charge >= 0.3 is 12.2 Å². The molecule has 4 rings (SSSR count). The van der Waals surface area contributed by atoms with Gasteiger partial charge in [0.05, 0.1) is 24.9 Å². The number of halogens is 1. The largest absolute Gasteiger partial charge is 0.444 e. The molecule has 3 aliphatic rings. The van der Waals surface area contributed by atoms with E-state index in [2.05, 4.69) is 17.2 Å². The number of carbonyl (C=O) groups excluding carboxylic acids is 5. The van der Waals surface area contributed by atoms with E-state index in [-0.39, 0.29) is 32.5 Å². The van der Waals surface area contributed by atoms with Gasteiger partial charge in [-0.2, -0.15) is 0 Å². The number of alkyl carbamates (subject to hydrolysis) is 1. The predicted octanol–water partition coefficient (Wildman–Crippen LogP) is 1.19. The van der Waals surface area contributed by atoms with Crippen LogP contribution in [0, 0.1) is 5.82 Å². The Morgan fingerprint density at radius 1 is 1.15 bits per heavy atom. The van der Waals surface area contributed by atoms with Crippen molar-refractivity contribution in [2.45, 2.75) is 101 Å². The molecule has 4 N–H and O–H groups in total. The average Bonchev–Trinajstić information content (AvgIpc) is 3.63. The molecule has 4 atom stereocenters. The van der Waals surface area contributed by atoms with Crippen LogP contribution in [0.3, 0.4) is 0 Å². The normalized spacial score (nSPS) is 21.0. The van der Waals surface area contributed by atoms with E-state index < -0.39 is 86.9 Å². The fourth-order valence-corrected chi connectivity index (χ4v) is 6.89. The summed E-state index contributed by atoms with van der Waals surface area (Å²) in [6, 6.07) is 1.53. The van der Waals surface area contributed by atoms with Crippen molar-refractivity contribution in [3.63, 3.8) is 0 Å². The molecule has 264 valence electrons. The summed E-state index contributed by atoms with van der Waals surface area (Å²) in [5.41, 5.74) is -1.79. The number of likely N-dealkylation sites (tertiary alicyclic amines) is 1. The van der Waals surface area contributed by atoms with Crippen molar-refractivity contribution in [2.24, 2.45) is 0 Å². The topological polar surface area (TPSA) is 201 Å². The zero-order valence-electron chi connectivity index (χ0n) is 27.3. The Hall–Kier alpha value is -4.25. The summed E-state index contributed by atoms with van der Waals surface area (Å²) < 4.78 is 52.1. The summed E-state index contributed by atoms with van der Waals surface area (Å²) in [6.45, 7) is 8.51. The maximum Gasteiger partial charge on any atom is 0.410 e. The molecule has 1 aromatic rings. The third-order valence-electron chi connectivity index (χ3n) is 8.12. The summed E-state index contributed by atoms with van der Waals surface area (Å²) in [5, 5.41) is 14.1. The number of fused-ring (bicyclic) bond motifs is 1. The first-order valence-electron chi connectivity index (χ1n) is 15.5. The number of nitrogens with one attached hydrogen (secondary N) is 3. The van der Waals surface area contributed by atoms with Crippen LogP contribution in [-0.4, -0.2) is 101 Å². The fourth-order valence-electron chi connectivity index (χ4n) is 5.49. The molecule has 1 saturated carbocycles. The lowest BCUT2D eigenvalue weighted by atomic mass is 9.96. The van der Waals surface area contributed by atoms with Crippen LogP contribution >= 0.6 is 0 Å². The van der Waals surface area contributed by atoms with Crippen molar-refractivity contribution in [2.75, 3.05) is 13.2 Å². The first kappa shape index (κ1) is 36.6. The number of aliphatic hydroxyl groups is 1. The minimum Gasteiger partial charge on any atom is -0.444 e. The van der Waals surface area contributed by atoms with Gasteiger partial charge in [0, 0.05) is 18.5 Å². The van der Waals surface area contributed by atoms with Gasteiger partial charge in [-0.05, 0) is 58.6 Å². The second kappa shape index (κ2) is 14.1. The van der Waals surface area contributed by atoms with Crippen molar-refractivity contribution in [3.05, 3.63) is 47.8 Å². The molecular formula is C31H42FN5O10S. The summed E-state index contributed by atoms with van der Waals surface area (Å²) in [4.78, 5) is 68.6. The molecule has 48 heavy (non-hydrogen) atoms. The van der Waals surface area contributed by atoms with Crippen molar-refractivity contribution in [3.8, 4) is 0 Å². The molecule has 0 radical (unpaired) electrons. The van der Waals surface area contributed by atoms with Crippen molar-refractivity contribution < 1.29 is 51.4 Å². The number of nitrogens with zero attached hydrogens (tertiary/aromatic N) is 2. The molecule has 0 aromatic heterocycles. The van der Waals surface area contributed by atoms with Crippen LogP contribution in [0.4, 0.5) is 14.0 Å². The Balaban J connectivity index is 1.54. The highest BCUT2D eigenvalue weighted by molar-refractivity contribution is 7.90. The molecule has 1 aliphatic carbocycles. The monoisotopic (exact) mass is 695 g/mol. The predicted molar refractivity (Wildman–Crippen MR) is 168 cm³/mol. The van der Waals surface area contributed by atoms with Gasteiger partial charge < -0.3 is 30.1 Å². The van der Waals surface area contributed by atoms with Crippen LogP contribution in [-0.2, 0) is 47.0 Å². The molecule has 1 aromatic carbocycles. The fraction of sp³-hybridized carbons (Fsp3) is 0.581. The Bertz CT molecular complexity index is 1580. The number of hydrogen-bond donors (Lipinski definition) is 4. The molecule has 2 heterocycles. The number of carbonyl (C=O) groups is 5. The summed E-state index contributed by atoms with van der Waals surface area (Å²) in [7, 11) is -3.97. The molecule has 0 bridgehead atoms. The van der Waals surface area contributed by atoms with E-state index in [1.165, 1.54) is 30.0 Å². The lowest BCUT2D eigenvalue weighted by molar-refractivity contribution is -0.142. The lowest BCUT2D eigenvalue weighted by Gasteiger charge is -2.32. The average molecular weight is 696 g/mol. The van der Waals surface area contributed by atoms with E-state index in [1.54, 1.807) is 26.8 Å². The third-order valence-corrected chi connectivity index (χ3v) is 9.94. The van der Waals surface area contributed by atoms with E-state index in [9.17, 15) is 41.9 Å². The molecule has 15 nitrogen and oxygen atoms in total. The van der Waals surface area contributed by atoms with Gasteiger partial charge in [-0.1, -0.05) is 18.2 Å². The zero-order valence-corrected chi connectivity index (χ0v) is 28.1. The van der Waals surface area contributed by atoms with Crippen LogP contribution in [0.5, 0.6) is 0 Å². The maximum atomic E-state index is 14.3. The Morgan fingerprint density at radius 2 is 1.83 bits per heavy atom. The first-order valence-corrected chi connectivity index (χ1v) is 17.0. The molecular weight excluding hydrogens is 653 g/mol. The van der Waals surface area contributed by atoms with E-state index in [4.69, 9.17) is 9.47 Å². The first-order chi connectivity index (χ1) is 22.4. The zero-order chi connectivity index (χ0) is 35.6. The Labute approximate surface area is 278 Å². The number of amides is 5. The number of ether oxygens (including phenoxy) is 2. The molecule has 17 heteroatoms. The van der Waals surface area contributed by atoms with Crippen LogP contribution in [0.2, 0.25) is 0 Å². The minimum absolute atomic E-state index is 0.0503. The molecule has 4 unspecified atom stereocenters. The number of hydrogen-bond acceptors (Lipinski definition) is 10. The Morgan fingerprint density at radius 3 is 2.42 bits per heavy atom. The maximum absolute atomic E-state index is 14.3. The van der Waals surface area contributed by atoms with Crippen LogP contribution in [0.25, 0.3) is 0 Å². The quantitative estimate of drug-likeness (QED) is 0.244. The van der Waals surface area contributed by atoms with Gasteiger partial charge in [0.25, 0.3) is 5.91 Å². The highest BCUT2D eigenvalue weighted by Gasteiger charge is 2.48. The van der Waals surface area contributed by atoms with E-state index in [0.717, 1.165) is 4.90 Å². The highest BCUT2D eigenvalue weighted by atomic mass is 32.2. The summed E-state index contributed by atoms with van der Waals surface area (Å²) >= 11 is 0. The van der Waals surface area contributed by atoms with Crippen molar-refractivity contribution >= 4 is 39.9 Å². The second-order valence-electron chi connectivity index (χ2n) is 13.4. The number of rotatable bonds is 11. The minimum atomic E-state index is -3.97. The van der Waals surface area contributed by atoms with Crippen molar-refractivity contribution in [1.82, 2.24) is 25.2 Å². The molecule has 0 spiro atoms. The van der Waals surface area contributed by atoms with Gasteiger partial charge in [-0.25, -0.2) is 22.4 Å². The summed E-state index contributed by atoms with van der Waals surface area (Å²) in [6.07, 6.45) is -1.23. The highest BCUT2D eigenvalue weighted by Crippen LogP contribution is 2.30. The van der Waals surface area contributed by atoms with Crippen LogP contribution in [0.1, 0.15) is 64.5 Å². The number of aliphatic hydroxyl groups excluding tert-OH is 1. The third kappa shape index (κ3) is 8.61. The smallest absolute Gasteiger partial charge is 0.410 e. The van der Waals surface area contributed by atoms with Gasteiger partial charge in [0.15, 0.2) is 0 Å². The molecule has 2 fully saturated rings. The second-order valence-corrected chi connectivity index (χ2v) is 15.3. The Kier molecular flexibility index (Phi) is 10.7. The van der Waals surface area contributed by atoms with Crippen molar-refractivity contribution in [1.29, 1.82) is 0 Å². The molecule has 1 saturated heterocycles. The number of sulfonamides is 1.